The second-order valence-corrected chi connectivity index (χ2v) is 12.4. The Morgan fingerprint density at radius 2 is 1.58 bits per heavy atom. The lowest BCUT2D eigenvalue weighted by Gasteiger charge is -2.32. The summed E-state index contributed by atoms with van der Waals surface area (Å²) < 4.78 is 78.4. The first kappa shape index (κ1) is 33.7. The van der Waals surface area contributed by atoms with Crippen LogP contribution in [0.25, 0.3) is 0 Å². The van der Waals surface area contributed by atoms with Crippen LogP contribution < -0.4 is 14.8 Å². The smallest absolute Gasteiger partial charge is 0.335 e. The van der Waals surface area contributed by atoms with E-state index in [1.54, 1.807) is 49.4 Å². The third-order valence-corrected chi connectivity index (χ3v) is 8.80. The number of hydrogen-bond donors (Lipinski definition) is 2. The maximum Gasteiger partial charge on any atom is 0.335 e. The van der Waals surface area contributed by atoms with Crippen molar-refractivity contribution in [2.75, 3.05) is 13.0 Å². The molecule has 2 amide bonds. The predicted molar refractivity (Wildman–Crippen MR) is 154 cm³/mol. The second-order valence-electron chi connectivity index (χ2n) is 10.8. The Bertz CT molecular complexity index is 1590. The minimum atomic E-state index is -2.43. The molecule has 3 atom stereocenters. The quantitative estimate of drug-likeness (QED) is 0.114. The van der Waals surface area contributed by atoms with E-state index in [0.29, 0.717) is 16.9 Å². The SMILES string of the molecule is COc1cccc(C(=O)NC(Cc2ccccc2)C(O)C(=O)N2CSC(C)(C)C2C(=O)Oc2c(F)c(F)c(F)c(F)c2F)c1C. The van der Waals surface area contributed by atoms with Crippen molar-refractivity contribution in [1.82, 2.24) is 10.2 Å². The summed E-state index contributed by atoms with van der Waals surface area (Å²) in [5, 5.41) is 14.0. The molecule has 0 radical (unpaired) electrons. The number of ether oxygens (including phenoxy) is 2. The lowest BCUT2D eigenvalue weighted by atomic mass is 9.97. The van der Waals surface area contributed by atoms with Crippen LogP contribution in [0.2, 0.25) is 0 Å². The van der Waals surface area contributed by atoms with Gasteiger partial charge in [0.05, 0.1) is 19.0 Å². The Morgan fingerprint density at radius 1 is 0.978 bits per heavy atom. The standard InChI is InChI=1S/C31H29F5N2O6S/c1-15-17(11-8-12-19(15)43-4)28(40)37-18(13-16-9-6-5-7-10-16)25(39)29(41)38-14-45-31(2,3)27(38)30(42)44-26-23(35)21(33)20(32)22(34)24(26)36/h5-12,18,25,27,39H,13-14H2,1-4H3,(H,37,40). The van der Waals surface area contributed by atoms with Crippen molar-refractivity contribution in [3.8, 4) is 11.5 Å². The van der Waals surface area contributed by atoms with Gasteiger partial charge in [0.15, 0.2) is 6.10 Å². The van der Waals surface area contributed by atoms with Gasteiger partial charge in [0.25, 0.3) is 11.8 Å². The van der Waals surface area contributed by atoms with Crippen LogP contribution >= 0.6 is 11.8 Å². The van der Waals surface area contributed by atoms with Gasteiger partial charge in [0.2, 0.25) is 34.8 Å². The molecule has 1 aliphatic rings. The molecule has 14 heteroatoms. The number of aliphatic hydroxyl groups is 1. The van der Waals surface area contributed by atoms with Crippen molar-refractivity contribution in [1.29, 1.82) is 0 Å². The molecular formula is C31H29F5N2O6S. The monoisotopic (exact) mass is 652 g/mol. The molecule has 0 aliphatic carbocycles. The zero-order chi connectivity index (χ0) is 33.2. The Labute approximate surface area is 259 Å². The van der Waals surface area contributed by atoms with Gasteiger partial charge in [0, 0.05) is 15.9 Å². The summed E-state index contributed by atoms with van der Waals surface area (Å²) in [6.45, 7) is 4.65. The number of aliphatic hydroxyl groups excluding tert-OH is 1. The number of carbonyl (C=O) groups is 3. The number of thioether (sulfide) groups is 1. The molecule has 3 aromatic carbocycles. The molecule has 4 rings (SSSR count). The number of esters is 1. The van der Waals surface area contributed by atoms with Crippen LogP contribution in [0.1, 0.15) is 35.3 Å². The van der Waals surface area contributed by atoms with Crippen LogP contribution in [0.3, 0.4) is 0 Å². The summed E-state index contributed by atoms with van der Waals surface area (Å²) in [6, 6.07) is 10.5. The third-order valence-electron chi connectivity index (χ3n) is 7.42. The fourth-order valence-electron chi connectivity index (χ4n) is 4.98. The van der Waals surface area contributed by atoms with Crippen LogP contribution in [0.5, 0.6) is 11.5 Å². The highest BCUT2D eigenvalue weighted by Crippen LogP contribution is 2.41. The van der Waals surface area contributed by atoms with Crippen LogP contribution in [0.15, 0.2) is 48.5 Å². The number of halogens is 5. The van der Waals surface area contributed by atoms with Gasteiger partial charge in [-0.25, -0.2) is 18.0 Å². The van der Waals surface area contributed by atoms with E-state index in [4.69, 9.17) is 4.74 Å². The molecule has 1 fully saturated rings. The van der Waals surface area contributed by atoms with Gasteiger partial charge in [-0.15, -0.1) is 11.8 Å². The normalized spacial score (nSPS) is 17.0. The van der Waals surface area contributed by atoms with Crippen molar-refractivity contribution in [2.45, 2.75) is 50.1 Å². The second kappa shape index (κ2) is 13.4. The summed E-state index contributed by atoms with van der Waals surface area (Å²) in [5.41, 5.74) is 1.37. The van der Waals surface area contributed by atoms with Crippen LogP contribution in [-0.4, -0.2) is 63.7 Å². The molecule has 8 nitrogen and oxygen atoms in total. The number of amides is 2. The van der Waals surface area contributed by atoms with E-state index >= 15 is 0 Å². The van der Waals surface area contributed by atoms with Gasteiger partial charge >= 0.3 is 5.97 Å². The highest BCUT2D eigenvalue weighted by Gasteiger charge is 2.51. The topological polar surface area (TPSA) is 105 Å². The third kappa shape index (κ3) is 6.76. The number of benzene rings is 3. The minimum absolute atomic E-state index is 0.0213. The molecule has 3 aromatic rings. The minimum Gasteiger partial charge on any atom is -0.496 e. The maximum absolute atomic E-state index is 14.3. The summed E-state index contributed by atoms with van der Waals surface area (Å²) >= 11 is 1.05. The Morgan fingerprint density at radius 3 is 2.18 bits per heavy atom. The molecule has 1 heterocycles. The molecule has 0 spiro atoms. The van der Waals surface area contributed by atoms with E-state index in [1.165, 1.54) is 27.0 Å². The molecule has 2 N–H and O–H groups in total. The van der Waals surface area contributed by atoms with Crippen molar-refractivity contribution < 1.29 is 50.9 Å². The van der Waals surface area contributed by atoms with E-state index in [-0.39, 0.29) is 17.9 Å². The van der Waals surface area contributed by atoms with Crippen LogP contribution in [-0.2, 0) is 16.0 Å². The molecular weight excluding hydrogens is 623 g/mol. The zero-order valence-electron chi connectivity index (χ0n) is 24.5. The van der Waals surface area contributed by atoms with E-state index in [9.17, 15) is 41.4 Å². The fourth-order valence-corrected chi connectivity index (χ4v) is 6.11. The Kier molecular flexibility index (Phi) is 10.1. The maximum atomic E-state index is 14.3. The zero-order valence-corrected chi connectivity index (χ0v) is 25.3. The number of carbonyl (C=O) groups excluding carboxylic acids is 3. The highest BCUT2D eigenvalue weighted by atomic mass is 32.2. The van der Waals surface area contributed by atoms with E-state index < -0.39 is 75.6 Å². The van der Waals surface area contributed by atoms with Gasteiger partial charge in [-0.1, -0.05) is 36.4 Å². The van der Waals surface area contributed by atoms with Gasteiger partial charge in [-0.3, -0.25) is 9.59 Å². The average molecular weight is 653 g/mol. The van der Waals surface area contributed by atoms with E-state index in [0.717, 1.165) is 16.7 Å². The van der Waals surface area contributed by atoms with Crippen LogP contribution in [0, 0.1) is 36.0 Å². The molecule has 240 valence electrons. The van der Waals surface area contributed by atoms with Gasteiger partial charge in [0.1, 0.15) is 11.8 Å². The highest BCUT2D eigenvalue weighted by molar-refractivity contribution is 8.00. The molecule has 1 saturated heterocycles. The summed E-state index contributed by atoms with van der Waals surface area (Å²) in [6.07, 6.45) is -1.97. The van der Waals surface area contributed by atoms with Gasteiger partial charge in [-0.05, 0) is 44.9 Å². The predicted octanol–water partition coefficient (Wildman–Crippen LogP) is 4.69. The van der Waals surface area contributed by atoms with Gasteiger partial charge in [-0.2, -0.15) is 8.78 Å². The fraction of sp³-hybridized carbons (Fsp3) is 0.323. The summed E-state index contributed by atoms with van der Waals surface area (Å²) in [4.78, 5) is 41.3. The average Bonchev–Trinajstić information content (AvgIpc) is 3.35. The molecule has 0 aromatic heterocycles. The lowest BCUT2D eigenvalue weighted by Crippen LogP contribution is -2.57. The van der Waals surface area contributed by atoms with Gasteiger partial charge < -0.3 is 24.8 Å². The van der Waals surface area contributed by atoms with Crippen molar-refractivity contribution in [3.63, 3.8) is 0 Å². The van der Waals surface area contributed by atoms with Crippen LogP contribution in [0.4, 0.5) is 22.0 Å². The van der Waals surface area contributed by atoms with Crippen molar-refractivity contribution in [2.24, 2.45) is 0 Å². The molecule has 1 aliphatic heterocycles. The first-order chi connectivity index (χ1) is 21.2. The Hall–Kier alpha value is -4.17. The number of methoxy groups -OCH3 is 1. The number of nitrogens with one attached hydrogen (secondary N) is 1. The first-order valence-electron chi connectivity index (χ1n) is 13.5. The number of rotatable bonds is 9. The van der Waals surface area contributed by atoms with E-state index in [2.05, 4.69) is 10.1 Å². The molecule has 0 saturated carbocycles. The molecule has 3 unspecified atom stereocenters. The van der Waals surface area contributed by atoms with E-state index in [1.807, 2.05) is 0 Å². The number of nitrogens with zero attached hydrogens (tertiary/aromatic N) is 1. The van der Waals surface area contributed by atoms with Crippen molar-refractivity contribution >= 4 is 29.5 Å². The number of hydrogen-bond acceptors (Lipinski definition) is 7. The Balaban J connectivity index is 1.64. The summed E-state index contributed by atoms with van der Waals surface area (Å²) in [5.74, 6) is -16.5. The lowest BCUT2D eigenvalue weighted by molar-refractivity contribution is -0.152. The summed E-state index contributed by atoms with van der Waals surface area (Å²) in [7, 11) is 1.44. The first-order valence-corrected chi connectivity index (χ1v) is 14.5. The largest absolute Gasteiger partial charge is 0.496 e. The molecule has 45 heavy (non-hydrogen) atoms. The van der Waals surface area contributed by atoms with Crippen molar-refractivity contribution in [3.05, 3.63) is 94.3 Å². The molecule has 0 bridgehead atoms.